The van der Waals surface area contributed by atoms with Gasteiger partial charge in [-0.05, 0) is 18.2 Å². The highest BCUT2D eigenvalue weighted by Gasteiger charge is 2.11. The van der Waals surface area contributed by atoms with Gasteiger partial charge in [-0.3, -0.25) is 4.79 Å². The van der Waals surface area contributed by atoms with Crippen LogP contribution in [-0.4, -0.2) is 19.4 Å². The van der Waals surface area contributed by atoms with Crippen molar-refractivity contribution in [3.63, 3.8) is 0 Å². The predicted molar refractivity (Wildman–Crippen MR) is 43.1 cm³/mol. The summed E-state index contributed by atoms with van der Waals surface area (Å²) >= 11 is 0. The minimum absolute atomic E-state index is 0.00755. The zero-order valence-corrected chi connectivity index (χ0v) is 6.91. The molecular formula is C9H7FO3. The second kappa shape index (κ2) is 3.80. The number of benzene rings is 1. The average molecular weight is 182 g/mol. The van der Waals surface area contributed by atoms with Gasteiger partial charge in [-0.1, -0.05) is 0 Å². The van der Waals surface area contributed by atoms with E-state index in [-0.39, 0.29) is 11.1 Å². The van der Waals surface area contributed by atoms with Crippen LogP contribution in [0.5, 0.6) is 0 Å². The van der Waals surface area contributed by atoms with Gasteiger partial charge in [0.05, 0.1) is 12.7 Å². The molecule has 0 unspecified atom stereocenters. The minimum atomic E-state index is -0.651. The quantitative estimate of drug-likeness (QED) is 0.513. The third-order valence-corrected chi connectivity index (χ3v) is 1.55. The van der Waals surface area contributed by atoms with Crippen molar-refractivity contribution in [2.45, 2.75) is 0 Å². The summed E-state index contributed by atoms with van der Waals surface area (Å²) in [5.41, 5.74) is 0.0609. The molecule has 1 rings (SSSR count). The molecule has 4 heteroatoms. The molecule has 3 nitrogen and oxygen atoms in total. The van der Waals surface area contributed by atoms with Crippen LogP contribution in [0.2, 0.25) is 0 Å². The Hall–Kier alpha value is -1.71. The van der Waals surface area contributed by atoms with Gasteiger partial charge in [-0.2, -0.15) is 0 Å². The zero-order valence-electron chi connectivity index (χ0n) is 6.91. The second-order valence-corrected chi connectivity index (χ2v) is 2.34. The number of halogens is 1. The molecule has 0 aromatic heterocycles. The van der Waals surface area contributed by atoms with Gasteiger partial charge in [-0.25, -0.2) is 9.18 Å². The summed E-state index contributed by atoms with van der Waals surface area (Å²) in [4.78, 5) is 21.4. The van der Waals surface area contributed by atoms with Gasteiger partial charge in [0.15, 0.2) is 6.29 Å². The van der Waals surface area contributed by atoms with Crippen molar-refractivity contribution in [2.24, 2.45) is 0 Å². The van der Waals surface area contributed by atoms with Crippen LogP contribution in [0.15, 0.2) is 18.2 Å². The number of hydrogen-bond donors (Lipinski definition) is 0. The highest BCUT2D eigenvalue weighted by atomic mass is 19.1. The van der Waals surface area contributed by atoms with Crippen LogP contribution in [0.4, 0.5) is 4.39 Å². The topological polar surface area (TPSA) is 43.4 Å². The summed E-state index contributed by atoms with van der Waals surface area (Å²) in [6.07, 6.45) is 0.412. The predicted octanol–water partition coefficient (Wildman–Crippen LogP) is 1.42. The number of methoxy groups -OCH3 is 1. The molecule has 0 saturated carbocycles. The van der Waals surface area contributed by atoms with Gasteiger partial charge in [-0.15, -0.1) is 0 Å². The lowest BCUT2D eigenvalue weighted by Gasteiger charge is -2.01. The van der Waals surface area contributed by atoms with E-state index in [0.717, 1.165) is 12.1 Å². The van der Waals surface area contributed by atoms with Gasteiger partial charge < -0.3 is 4.74 Å². The van der Waals surface area contributed by atoms with E-state index in [1.165, 1.54) is 13.2 Å². The van der Waals surface area contributed by atoms with E-state index >= 15 is 0 Å². The van der Waals surface area contributed by atoms with Gasteiger partial charge in [0.1, 0.15) is 5.82 Å². The van der Waals surface area contributed by atoms with E-state index in [9.17, 15) is 14.0 Å². The maximum absolute atomic E-state index is 12.6. The Morgan fingerprint density at radius 2 is 2.23 bits per heavy atom. The van der Waals surface area contributed by atoms with Crippen molar-refractivity contribution < 1.29 is 18.7 Å². The van der Waals surface area contributed by atoms with Crippen LogP contribution < -0.4 is 0 Å². The highest BCUT2D eigenvalue weighted by Crippen LogP contribution is 2.10. The fourth-order valence-electron chi connectivity index (χ4n) is 0.927. The number of hydrogen-bond acceptors (Lipinski definition) is 3. The normalized spacial score (nSPS) is 9.38. The lowest BCUT2D eigenvalue weighted by Crippen LogP contribution is -2.05. The first-order valence-electron chi connectivity index (χ1n) is 3.52. The second-order valence-electron chi connectivity index (χ2n) is 2.34. The van der Waals surface area contributed by atoms with Crippen LogP contribution in [0.3, 0.4) is 0 Å². The summed E-state index contributed by atoms with van der Waals surface area (Å²) in [5.74, 6) is -1.21. The SMILES string of the molecule is COC(=O)c1ccc(F)cc1C=O. The van der Waals surface area contributed by atoms with Crippen molar-refractivity contribution in [2.75, 3.05) is 7.11 Å². The standard InChI is InChI=1S/C9H7FO3/c1-13-9(12)8-3-2-7(10)4-6(8)5-11/h2-5H,1H3. The van der Waals surface area contributed by atoms with Crippen LogP contribution in [-0.2, 0) is 4.74 Å². The van der Waals surface area contributed by atoms with Gasteiger partial charge >= 0.3 is 5.97 Å². The van der Waals surface area contributed by atoms with Crippen LogP contribution in [0.1, 0.15) is 20.7 Å². The van der Waals surface area contributed by atoms with E-state index < -0.39 is 11.8 Å². The van der Waals surface area contributed by atoms with Crippen molar-refractivity contribution >= 4 is 12.3 Å². The molecule has 0 amide bonds. The molecule has 0 fully saturated rings. The van der Waals surface area contributed by atoms with Gasteiger partial charge in [0, 0.05) is 5.56 Å². The third-order valence-electron chi connectivity index (χ3n) is 1.55. The van der Waals surface area contributed by atoms with Crippen molar-refractivity contribution in [3.8, 4) is 0 Å². The number of carbonyl (C=O) groups excluding carboxylic acids is 2. The third kappa shape index (κ3) is 1.90. The fourth-order valence-corrected chi connectivity index (χ4v) is 0.927. The molecule has 0 saturated heterocycles. The Labute approximate surface area is 74.1 Å². The van der Waals surface area contributed by atoms with Gasteiger partial charge in [0.2, 0.25) is 0 Å². The molecule has 0 radical (unpaired) electrons. The zero-order chi connectivity index (χ0) is 9.84. The smallest absolute Gasteiger partial charge is 0.338 e. The molecule has 0 N–H and O–H groups in total. The maximum Gasteiger partial charge on any atom is 0.338 e. The lowest BCUT2D eigenvalue weighted by atomic mass is 10.1. The largest absolute Gasteiger partial charge is 0.465 e. The monoisotopic (exact) mass is 182 g/mol. The van der Waals surface area contributed by atoms with Crippen LogP contribution in [0, 0.1) is 5.82 Å². The summed E-state index contributed by atoms with van der Waals surface area (Å²) in [7, 11) is 1.19. The van der Waals surface area contributed by atoms with E-state index in [1.54, 1.807) is 0 Å². The summed E-state index contributed by atoms with van der Waals surface area (Å²) in [6, 6.07) is 3.30. The molecule has 0 atom stereocenters. The first kappa shape index (κ1) is 9.38. The summed E-state index contributed by atoms with van der Waals surface area (Å²) in [5, 5.41) is 0. The minimum Gasteiger partial charge on any atom is -0.465 e. The number of carbonyl (C=O) groups is 2. The summed E-state index contributed by atoms with van der Waals surface area (Å²) < 4.78 is 17.0. The van der Waals surface area contributed by atoms with E-state index in [0.29, 0.717) is 6.29 Å². The molecule has 0 spiro atoms. The molecule has 0 heterocycles. The number of rotatable bonds is 2. The molecule has 68 valence electrons. The number of aldehydes is 1. The number of esters is 1. The Balaban J connectivity index is 3.20. The van der Waals surface area contributed by atoms with Crippen LogP contribution >= 0.6 is 0 Å². The highest BCUT2D eigenvalue weighted by molar-refractivity contribution is 5.98. The molecule has 0 bridgehead atoms. The molecule has 0 aliphatic rings. The van der Waals surface area contributed by atoms with Gasteiger partial charge in [0.25, 0.3) is 0 Å². The molecular weight excluding hydrogens is 175 g/mol. The molecule has 1 aromatic rings. The molecule has 1 aromatic carbocycles. The van der Waals surface area contributed by atoms with Crippen molar-refractivity contribution in [1.82, 2.24) is 0 Å². The Morgan fingerprint density at radius 3 is 2.77 bits per heavy atom. The van der Waals surface area contributed by atoms with E-state index in [4.69, 9.17) is 0 Å². The molecule has 0 aliphatic heterocycles. The average Bonchev–Trinajstić information content (AvgIpc) is 2.16. The fraction of sp³-hybridized carbons (Fsp3) is 0.111. The first-order chi connectivity index (χ1) is 6.19. The molecule has 13 heavy (non-hydrogen) atoms. The first-order valence-corrected chi connectivity index (χ1v) is 3.52. The van der Waals surface area contributed by atoms with E-state index in [2.05, 4.69) is 4.74 Å². The molecule has 0 aliphatic carbocycles. The van der Waals surface area contributed by atoms with Crippen LogP contribution in [0.25, 0.3) is 0 Å². The van der Waals surface area contributed by atoms with E-state index in [1.807, 2.05) is 0 Å². The summed E-state index contributed by atoms with van der Waals surface area (Å²) in [6.45, 7) is 0. The van der Waals surface area contributed by atoms with Crippen molar-refractivity contribution in [3.05, 3.63) is 35.1 Å². The Kier molecular flexibility index (Phi) is 2.74. The van der Waals surface area contributed by atoms with Crippen molar-refractivity contribution in [1.29, 1.82) is 0 Å². The lowest BCUT2D eigenvalue weighted by molar-refractivity contribution is 0.0598. The Morgan fingerprint density at radius 1 is 1.54 bits per heavy atom. The number of ether oxygens (including phenoxy) is 1. The Bertz CT molecular complexity index is 347. The maximum atomic E-state index is 12.6.